The van der Waals surface area contributed by atoms with Crippen LogP contribution in [0.5, 0.6) is 0 Å². The van der Waals surface area contributed by atoms with Gasteiger partial charge in [0.1, 0.15) is 0 Å². The summed E-state index contributed by atoms with van der Waals surface area (Å²) in [4.78, 5) is 23.1. The number of carbonyl (C=O) groups is 2. The van der Waals surface area contributed by atoms with Crippen LogP contribution in [-0.2, 0) is 9.59 Å². The van der Waals surface area contributed by atoms with Crippen molar-refractivity contribution in [2.45, 2.75) is 39.2 Å². The molecule has 1 aliphatic rings. The van der Waals surface area contributed by atoms with Crippen LogP contribution in [0.15, 0.2) is 0 Å². The topological polar surface area (TPSA) is 104 Å². The molecule has 0 aliphatic heterocycles. The molecule has 0 spiro atoms. The average Bonchev–Trinajstić information content (AvgIpc) is 3.13. The molecule has 5 N–H and O–H groups in total. The first-order chi connectivity index (χ1) is 8.90. The van der Waals surface area contributed by atoms with E-state index in [-0.39, 0.29) is 36.3 Å². The first-order valence-electron chi connectivity index (χ1n) is 6.81. The quantitative estimate of drug-likeness (QED) is 0.471. The molecule has 1 atom stereocenters. The van der Waals surface area contributed by atoms with Crippen LogP contribution in [0.1, 0.15) is 33.1 Å². The van der Waals surface area contributed by atoms with Gasteiger partial charge in [-0.1, -0.05) is 13.8 Å². The minimum atomic E-state index is -0.586. The SMILES string of the molecule is CC(C)[C@H](N)C(=O)NCC(=O)NCC1(CCO)CC1. The van der Waals surface area contributed by atoms with E-state index in [1.807, 2.05) is 13.8 Å². The normalized spacial score (nSPS) is 17.9. The molecule has 0 aromatic heterocycles. The molecule has 2 amide bonds. The molecule has 1 aliphatic carbocycles. The number of aliphatic hydroxyl groups is 1. The minimum Gasteiger partial charge on any atom is -0.396 e. The highest BCUT2D eigenvalue weighted by molar-refractivity contribution is 5.87. The molecule has 0 bridgehead atoms. The fraction of sp³-hybridized carbons (Fsp3) is 0.846. The summed E-state index contributed by atoms with van der Waals surface area (Å²) in [6.45, 7) is 4.38. The number of rotatable bonds is 8. The van der Waals surface area contributed by atoms with Crippen molar-refractivity contribution in [2.75, 3.05) is 19.7 Å². The van der Waals surface area contributed by atoms with Crippen molar-refractivity contribution in [3.05, 3.63) is 0 Å². The number of amides is 2. The van der Waals surface area contributed by atoms with Crippen molar-refractivity contribution in [3.63, 3.8) is 0 Å². The van der Waals surface area contributed by atoms with Crippen molar-refractivity contribution in [1.82, 2.24) is 10.6 Å². The molecule has 0 saturated heterocycles. The van der Waals surface area contributed by atoms with Crippen molar-refractivity contribution < 1.29 is 14.7 Å². The number of carbonyl (C=O) groups excluding carboxylic acids is 2. The summed E-state index contributed by atoms with van der Waals surface area (Å²) >= 11 is 0. The molecule has 0 radical (unpaired) electrons. The maximum Gasteiger partial charge on any atom is 0.239 e. The van der Waals surface area contributed by atoms with E-state index in [9.17, 15) is 9.59 Å². The Balaban J connectivity index is 2.20. The monoisotopic (exact) mass is 271 g/mol. The molecule has 0 heterocycles. The number of hydrogen-bond acceptors (Lipinski definition) is 4. The van der Waals surface area contributed by atoms with Crippen LogP contribution in [0, 0.1) is 11.3 Å². The number of aliphatic hydroxyl groups excluding tert-OH is 1. The van der Waals surface area contributed by atoms with Crippen molar-refractivity contribution in [1.29, 1.82) is 0 Å². The smallest absolute Gasteiger partial charge is 0.239 e. The van der Waals surface area contributed by atoms with Gasteiger partial charge in [0.2, 0.25) is 11.8 Å². The van der Waals surface area contributed by atoms with Crippen molar-refractivity contribution >= 4 is 11.8 Å². The van der Waals surface area contributed by atoms with Crippen LogP contribution in [-0.4, -0.2) is 42.7 Å². The Bertz CT molecular complexity index is 327. The summed E-state index contributed by atoms with van der Waals surface area (Å²) in [5.41, 5.74) is 5.75. The van der Waals surface area contributed by atoms with Gasteiger partial charge in [-0.2, -0.15) is 0 Å². The van der Waals surface area contributed by atoms with E-state index in [1.165, 1.54) is 0 Å². The molecule has 6 nitrogen and oxygen atoms in total. The summed E-state index contributed by atoms with van der Waals surface area (Å²) < 4.78 is 0. The Morgan fingerprint density at radius 3 is 2.42 bits per heavy atom. The molecule has 0 aromatic carbocycles. The predicted molar refractivity (Wildman–Crippen MR) is 72.2 cm³/mol. The van der Waals surface area contributed by atoms with Crippen LogP contribution in [0.3, 0.4) is 0 Å². The van der Waals surface area contributed by atoms with Crippen molar-refractivity contribution in [2.24, 2.45) is 17.1 Å². The highest BCUT2D eigenvalue weighted by atomic mass is 16.3. The first kappa shape index (κ1) is 15.9. The van der Waals surface area contributed by atoms with E-state index in [1.54, 1.807) is 0 Å². The van der Waals surface area contributed by atoms with Crippen LogP contribution in [0.4, 0.5) is 0 Å². The Morgan fingerprint density at radius 1 is 1.32 bits per heavy atom. The minimum absolute atomic E-state index is 0.0438. The maximum atomic E-state index is 11.6. The first-order valence-corrected chi connectivity index (χ1v) is 6.81. The number of nitrogens with one attached hydrogen (secondary N) is 2. The summed E-state index contributed by atoms with van der Waals surface area (Å²) in [6.07, 6.45) is 2.80. The third kappa shape index (κ3) is 5.16. The Kier molecular flexibility index (Phi) is 5.75. The number of nitrogens with two attached hydrogens (primary N) is 1. The van der Waals surface area contributed by atoms with Gasteiger partial charge in [-0.25, -0.2) is 0 Å². The summed E-state index contributed by atoms with van der Waals surface area (Å²) in [7, 11) is 0. The molecule has 110 valence electrons. The van der Waals surface area contributed by atoms with Crippen LogP contribution < -0.4 is 16.4 Å². The van der Waals surface area contributed by atoms with Gasteiger partial charge in [0, 0.05) is 13.2 Å². The Morgan fingerprint density at radius 2 is 1.95 bits per heavy atom. The lowest BCUT2D eigenvalue weighted by molar-refractivity contribution is -0.127. The molecule has 0 unspecified atom stereocenters. The third-order valence-corrected chi connectivity index (χ3v) is 3.70. The van der Waals surface area contributed by atoms with Gasteiger partial charge >= 0.3 is 0 Å². The van der Waals surface area contributed by atoms with Gasteiger partial charge < -0.3 is 21.5 Å². The van der Waals surface area contributed by atoms with Crippen LogP contribution in [0.25, 0.3) is 0 Å². The van der Waals surface area contributed by atoms with E-state index in [4.69, 9.17) is 10.8 Å². The fourth-order valence-corrected chi connectivity index (χ4v) is 1.87. The zero-order valence-corrected chi connectivity index (χ0v) is 11.7. The lowest BCUT2D eigenvalue weighted by Gasteiger charge is -2.17. The Labute approximate surface area is 114 Å². The molecule has 1 saturated carbocycles. The molecule has 6 heteroatoms. The predicted octanol–water partition coefficient (Wildman–Crippen LogP) is -0.635. The van der Waals surface area contributed by atoms with Gasteiger partial charge in [0.15, 0.2) is 0 Å². The molecule has 1 rings (SSSR count). The van der Waals surface area contributed by atoms with E-state index in [0.29, 0.717) is 6.54 Å². The maximum absolute atomic E-state index is 11.6. The standard InChI is InChI=1S/C13H25N3O3/c1-9(2)11(14)12(19)15-7-10(18)16-8-13(3-4-13)5-6-17/h9,11,17H,3-8,14H2,1-2H3,(H,15,19)(H,16,18)/t11-/m0/s1. The van der Waals surface area contributed by atoms with Crippen LogP contribution >= 0.6 is 0 Å². The zero-order valence-electron chi connectivity index (χ0n) is 11.7. The summed E-state index contributed by atoms with van der Waals surface area (Å²) in [6, 6.07) is -0.586. The van der Waals surface area contributed by atoms with Gasteiger partial charge in [-0.05, 0) is 30.6 Å². The van der Waals surface area contributed by atoms with E-state index >= 15 is 0 Å². The van der Waals surface area contributed by atoms with Gasteiger partial charge in [0.05, 0.1) is 12.6 Å². The lowest BCUT2D eigenvalue weighted by atomic mass is 10.0. The third-order valence-electron chi connectivity index (χ3n) is 3.70. The lowest BCUT2D eigenvalue weighted by Crippen LogP contribution is -2.47. The molecular formula is C13H25N3O3. The second-order valence-corrected chi connectivity index (χ2v) is 5.74. The highest BCUT2D eigenvalue weighted by Gasteiger charge is 2.41. The van der Waals surface area contributed by atoms with E-state index < -0.39 is 6.04 Å². The molecule has 0 aromatic rings. The highest BCUT2D eigenvalue weighted by Crippen LogP contribution is 2.47. The van der Waals surface area contributed by atoms with Crippen LogP contribution in [0.2, 0.25) is 0 Å². The largest absolute Gasteiger partial charge is 0.396 e. The Hall–Kier alpha value is -1.14. The van der Waals surface area contributed by atoms with Gasteiger partial charge in [0.25, 0.3) is 0 Å². The molecular weight excluding hydrogens is 246 g/mol. The molecule has 1 fully saturated rings. The fourth-order valence-electron chi connectivity index (χ4n) is 1.87. The average molecular weight is 271 g/mol. The number of hydrogen-bond donors (Lipinski definition) is 4. The van der Waals surface area contributed by atoms with Gasteiger partial charge in [-0.3, -0.25) is 9.59 Å². The second-order valence-electron chi connectivity index (χ2n) is 5.74. The van der Waals surface area contributed by atoms with E-state index in [2.05, 4.69) is 10.6 Å². The molecule has 19 heavy (non-hydrogen) atoms. The van der Waals surface area contributed by atoms with Gasteiger partial charge in [-0.15, -0.1) is 0 Å². The van der Waals surface area contributed by atoms with Crippen molar-refractivity contribution in [3.8, 4) is 0 Å². The summed E-state index contributed by atoms with van der Waals surface area (Å²) in [5.74, 6) is -0.475. The summed E-state index contributed by atoms with van der Waals surface area (Å²) in [5, 5.41) is 14.2. The second kappa shape index (κ2) is 6.86. The van der Waals surface area contributed by atoms with E-state index in [0.717, 1.165) is 19.3 Å². The zero-order chi connectivity index (χ0) is 14.5.